The molecule has 0 spiro atoms. The minimum Gasteiger partial charge on any atom is -0.394 e. The maximum atomic E-state index is 14.4. The second kappa shape index (κ2) is 10.6. The Morgan fingerprint density at radius 1 is 1.09 bits per heavy atom. The molecule has 0 bridgehead atoms. The Balaban J connectivity index is 1.47. The molecule has 0 aromatic rings. The highest BCUT2D eigenvalue weighted by atomic mass is 35.5. The predicted octanol–water partition coefficient (Wildman–Crippen LogP) is 2.44. The van der Waals surface area contributed by atoms with E-state index >= 15 is 0 Å². The van der Waals surface area contributed by atoms with Crippen molar-refractivity contribution in [3.8, 4) is 0 Å². The summed E-state index contributed by atoms with van der Waals surface area (Å²) in [7, 11) is -3.73. The van der Waals surface area contributed by atoms with Crippen molar-refractivity contribution in [1.82, 2.24) is 9.62 Å². The maximum Gasteiger partial charge on any atom is 0.227 e. The minimum absolute atomic E-state index is 0.0369. The van der Waals surface area contributed by atoms with Crippen LogP contribution in [0.1, 0.15) is 64.2 Å². The molecule has 3 saturated carbocycles. The molecule has 3 aliphatic carbocycles. The fourth-order valence-electron chi connectivity index (χ4n) is 5.96. The van der Waals surface area contributed by atoms with Gasteiger partial charge in [-0.3, -0.25) is 4.79 Å². The number of hydrogen-bond donors (Lipinski definition) is 2. The number of aliphatic hydroxyl groups is 1. The van der Waals surface area contributed by atoms with Gasteiger partial charge >= 0.3 is 0 Å². The predicted molar refractivity (Wildman–Crippen MR) is 120 cm³/mol. The summed E-state index contributed by atoms with van der Waals surface area (Å²) in [6, 6.07) is -0.801. The molecule has 0 aromatic heterocycles. The van der Waals surface area contributed by atoms with Crippen molar-refractivity contribution in [2.75, 3.05) is 13.2 Å². The smallest absolute Gasteiger partial charge is 0.227 e. The van der Waals surface area contributed by atoms with Gasteiger partial charge in [0.05, 0.1) is 36.0 Å². The standard InChI is InChI=1S/C22H35ClF2N2O5S/c23-17-2-1-3-18(25)21(17)22(29)26-14-6-9-20-19(10-14)27(11-15(12-28)32-20)33(30,31)16-7-4-13(24)5-8-16/h13-21,28H,1-12H2,(H,26,29)/t13?,14?,15-,16?,17?,18?,19?,20?,21?/m1/s1. The third-order valence-corrected chi connectivity index (χ3v) is 10.7. The van der Waals surface area contributed by atoms with Gasteiger partial charge in [-0.2, -0.15) is 4.31 Å². The largest absolute Gasteiger partial charge is 0.394 e. The number of alkyl halides is 3. The molecule has 190 valence electrons. The first-order valence-corrected chi connectivity index (χ1v) is 14.1. The molecule has 1 saturated heterocycles. The van der Waals surface area contributed by atoms with E-state index in [9.17, 15) is 27.1 Å². The van der Waals surface area contributed by atoms with Gasteiger partial charge in [0.2, 0.25) is 15.9 Å². The number of nitrogens with one attached hydrogen (secondary N) is 1. The molecule has 4 rings (SSSR count). The van der Waals surface area contributed by atoms with Crippen molar-refractivity contribution in [3.05, 3.63) is 0 Å². The third kappa shape index (κ3) is 5.50. The van der Waals surface area contributed by atoms with E-state index in [-0.39, 0.29) is 51.0 Å². The third-order valence-electron chi connectivity index (χ3n) is 7.82. The number of hydrogen-bond acceptors (Lipinski definition) is 5. The summed E-state index contributed by atoms with van der Waals surface area (Å²) in [6.07, 6.45) is 0.794. The lowest BCUT2D eigenvalue weighted by Gasteiger charge is -2.48. The normalized spacial score (nSPS) is 43.0. The van der Waals surface area contributed by atoms with Crippen LogP contribution in [0.25, 0.3) is 0 Å². The zero-order chi connectivity index (χ0) is 23.8. The molecule has 4 aliphatic rings. The van der Waals surface area contributed by atoms with E-state index in [2.05, 4.69) is 5.32 Å². The van der Waals surface area contributed by atoms with Crippen LogP contribution in [-0.2, 0) is 19.6 Å². The van der Waals surface area contributed by atoms with Crippen LogP contribution >= 0.6 is 11.6 Å². The van der Waals surface area contributed by atoms with Crippen LogP contribution in [0.3, 0.4) is 0 Å². The first kappa shape index (κ1) is 25.5. The number of carbonyl (C=O) groups excluding carboxylic acids is 1. The van der Waals surface area contributed by atoms with Gasteiger partial charge in [0, 0.05) is 18.0 Å². The molecule has 7 atom stereocenters. The molecule has 6 unspecified atom stereocenters. The number of nitrogens with zero attached hydrogens (tertiary/aromatic N) is 1. The van der Waals surface area contributed by atoms with Gasteiger partial charge in [-0.1, -0.05) is 0 Å². The second-order valence-electron chi connectivity index (χ2n) is 10.0. The fourth-order valence-corrected chi connectivity index (χ4v) is 8.61. The van der Waals surface area contributed by atoms with Crippen LogP contribution in [0.5, 0.6) is 0 Å². The van der Waals surface area contributed by atoms with Crippen LogP contribution in [0.15, 0.2) is 0 Å². The highest BCUT2D eigenvalue weighted by Crippen LogP contribution is 2.37. The number of fused-ring (bicyclic) bond motifs is 1. The highest BCUT2D eigenvalue weighted by molar-refractivity contribution is 7.89. The highest BCUT2D eigenvalue weighted by Gasteiger charge is 2.49. The molecule has 1 aliphatic heterocycles. The first-order valence-electron chi connectivity index (χ1n) is 12.2. The summed E-state index contributed by atoms with van der Waals surface area (Å²) >= 11 is 6.25. The van der Waals surface area contributed by atoms with Gasteiger partial charge in [0.1, 0.15) is 12.3 Å². The van der Waals surface area contributed by atoms with Crippen molar-refractivity contribution in [2.24, 2.45) is 5.92 Å². The number of rotatable bonds is 5. The van der Waals surface area contributed by atoms with Gasteiger partial charge in [0.15, 0.2) is 0 Å². The number of halogens is 3. The lowest BCUT2D eigenvalue weighted by atomic mass is 9.84. The second-order valence-corrected chi connectivity index (χ2v) is 12.8. The fraction of sp³-hybridized carbons (Fsp3) is 0.955. The van der Waals surface area contributed by atoms with Gasteiger partial charge in [0.25, 0.3) is 0 Å². The van der Waals surface area contributed by atoms with Crippen LogP contribution < -0.4 is 5.32 Å². The lowest BCUT2D eigenvalue weighted by molar-refractivity contribution is -0.135. The number of carbonyl (C=O) groups is 1. The molecule has 1 heterocycles. The molecule has 2 N–H and O–H groups in total. The molecule has 0 radical (unpaired) electrons. The van der Waals surface area contributed by atoms with Crippen molar-refractivity contribution < 1.29 is 31.8 Å². The van der Waals surface area contributed by atoms with Crippen LogP contribution in [0, 0.1) is 5.92 Å². The van der Waals surface area contributed by atoms with Gasteiger partial charge in [-0.05, 0) is 64.2 Å². The molecule has 0 aromatic carbocycles. The van der Waals surface area contributed by atoms with E-state index in [0.29, 0.717) is 38.5 Å². The molecule has 1 amide bonds. The quantitative estimate of drug-likeness (QED) is 0.552. The zero-order valence-electron chi connectivity index (χ0n) is 18.8. The van der Waals surface area contributed by atoms with Gasteiger partial charge in [-0.15, -0.1) is 11.6 Å². The van der Waals surface area contributed by atoms with Gasteiger partial charge < -0.3 is 15.2 Å². The Morgan fingerprint density at radius 3 is 2.48 bits per heavy atom. The van der Waals surface area contributed by atoms with Crippen molar-refractivity contribution in [3.63, 3.8) is 0 Å². The summed E-state index contributed by atoms with van der Waals surface area (Å²) in [5.41, 5.74) is 0. The Labute approximate surface area is 199 Å². The molecule has 33 heavy (non-hydrogen) atoms. The topological polar surface area (TPSA) is 95.9 Å². The summed E-state index contributed by atoms with van der Waals surface area (Å²) in [5.74, 6) is -1.30. The molecular weight excluding hydrogens is 478 g/mol. The average molecular weight is 513 g/mol. The Morgan fingerprint density at radius 2 is 1.82 bits per heavy atom. The van der Waals surface area contributed by atoms with E-state index in [1.54, 1.807) is 0 Å². The Bertz CT molecular complexity index is 788. The number of ether oxygens (including phenoxy) is 1. The van der Waals surface area contributed by atoms with E-state index in [4.69, 9.17) is 16.3 Å². The number of sulfonamides is 1. The average Bonchev–Trinajstić information content (AvgIpc) is 2.78. The van der Waals surface area contributed by atoms with E-state index in [0.717, 1.165) is 0 Å². The maximum absolute atomic E-state index is 14.4. The van der Waals surface area contributed by atoms with E-state index in [1.807, 2.05) is 0 Å². The first-order chi connectivity index (χ1) is 15.7. The van der Waals surface area contributed by atoms with E-state index in [1.165, 1.54) is 4.31 Å². The molecule has 11 heteroatoms. The van der Waals surface area contributed by atoms with E-state index < -0.39 is 57.0 Å². The summed E-state index contributed by atoms with van der Waals surface area (Å²) in [4.78, 5) is 12.8. The monoisotopic (exact) mass is 512 g/mol. The Kier molecular flexibility index (Phi) is 8.20. The minimum atomic E-state index is -3.73. The van der Waals surface area contributed by atoms with Crippen LogP contribution in [0.2, 0.25) is 0 Å². The zero-order valence-corrected chi connectivity index (χ0v) is 20.3. The Hall–Kier alpha value is -0.550. The van der Waals surface area contributed by atoms with Crippen LogP contribution in [-0.4, -0.2) is 84.2 Å². The van der Waals surface area contributed by atoms with Crippen LogP contribution in [0.4, 0.5) is 8.78 Å². The summed E-state index contributed by atoms with van der Waals surface area (Å²) in [6.45, 7) is -0.252. The van der Waals surface area contributed by atoms with Crippen molar-refractivity contribution in [1.29, 1.82) is 0 Å². The van der Waals surface area contributed by atoms with Gasteiger partial charge in [-0.25, -0.2) is 17.2 Å². The molecular formula is C22H35ClF2N2O5S. The number of morpholine rings is 1. The van der Waals surface area contributed by atoms with Crippen molar-refractivity contribution >= 4 is 27.5 Å². The number of aliphatic hydroxyl groups excluding tert-OH is 1. The lowest BCUT2D eigenvalue weighted by Crippen LogP contribution is -2.63. The summed E-state index contributed by atoms with van der Waals surface area (Å²) < 4.78 is 62.5. The summed E-state index contributed by atoms with van der Waals surface area (Å²) in [5, 5.41) is 11.4. The molecule has 7 nitrogen and oxygen atoms in total. The molecule has 4 fully saturated rings. The number of amides is 1. The SMILES string of the molecule is O=C(NC1CCC2O[C@@H](CO)CN(S(=O)(=O)C3CCC(F)CC3)C2C1)C1C(F)CCCC1Cl. The van der Waals surface area contributed by atoms with Crippen molar-refractivity contribution in [2.45, 2.75) is 111 Å².